The van der Waals surface area contributed by atoms with Gasteiger partial charge in [0.1, 0.15) is 5.82 Å². The SMILES string of the molecule is Cc1ccc(NC(=O)CN(C)CCCN2C(=O)c3ccccc3C2=O)nc1. The lowest BCUT2D eigenvalue weighted by Crippen LogP contribution is -2.35. The van der Waals surface area contributed by atoms with Crippen molar-refractivity contribution < 1.29 is 14.4 Å². The van der Waals surface area contributed by atoms with E-state index in [1.807, 2.05) is 24.9 Å². The molecule has 140 valence electrons. The molecule has 0 saturated heterocycles. The first-order chi connectivity index (χ1) is 13.0. The van der Waals surface area contributed by atoms with Gasteiger partial charge in [0.15, 0.2) is 0 Å². The zero-order valence-electron chi connectivity index (χ0n) is 15.4. The third-order valence-corrected chi connectivity index (χ3v) is 4.39. The molecule has 1 aromatic carbocycles. The van der Waals surface area contributed by atoms with Gasteiger partial charge in [0.2, 0.25) is 5.91 Å². The van der Waals surface area contributed by atoms with Crippen LogP contribution in [0.2, 0.25) is 0 Å². The van der Waals surface area contributed by atoms with Gasteiger partial charge in [0, 0.05) is 19.3 Å². The zero-order valence-corrected chi connectivity index (χ0v) is 15.4. The molecule has 0 fully saturated rings. The number of benzene rings is 1. The molecule has 2 aromatic rings. The number of hydrogen-bond acceptors (Lipinski definition) is 5. The Morgan fingerprint density at radius 1 is 1.11 bits per heavy atom. The molecule has 1 aromatic heterocycles. The number of pyridine rings is 1. The quantitative estimate of drug-likeness (QED) is 0.758. The van der Waals surface area contributed by atoms with Crippen LogP contribution in [0, 0.1) is 6.92 Å². The second-order valence-corrected chi connectivity index (χ2v) is 6.67. The summed E-state index contributed by atoms with van der Waals surface area (Å²) in [7, 11) is 1.82. The number of nitrogens with one attached hydrogen (secondary N) is 1. The van der Waals surface area contributed by atoms with E-state index in [1.165, 1.54) is 4.90 Å². The van der Waals surface area contributed by atoms with Crippen LogP contribution in [0.4, 0.5) is 5.82 Å². The fourth-order valence-corrected chi connectivity index (χ4v) is 2.99. The van der Waals surface area contributed by atoms with Crippen LogP contribution in [-0.4, -0.2) is 59.2 Å². The van der Waals surface area contributed by atoms with E-state index in [0.29, 0.717) is 36.5 Å². The minimum absolute atomic E-state index is 0.158. The van der Waals surface area contributed by atoms with Crippen LogP contribution in [0.3, 0.4) is 0 Å². The Bertz CT molecular complexity index is 829. The van der Waals surface area contributed by atoms with Crippen LogP contribution in [0.25, 0.3) is 0 Å². The smallest absolute Gasteiger partial charge is 0.261 e. The van der Waals surface area contributed by atoms with Crippen LogP contribution in [0.1, 0.15) is 32.7 Å². The van der Waals surface area contributed by atoms with Crippen LogP contribution in [0.5, 0.6) is 0 Å². The first kappa shape index (κ1) is 18.7. The van der Waals surface area contributed by atoms with Gasteiger partial charge < -0.3 is 5.32 Å². The predicted octanol–water partition coefficient (Wildman–Crippen LogP) is 1.95. The van der Waals surface area contributed by atoms with Gasteiger partial charge in [-0.25, -0.2) is 4.98 Å². The lowest BCUT2D eigenvalue weighted by Gasteiger charge is -2.18. The van der Waals surface area contributed by atoms with Gasteiger partial charge in [-0.3, -0.25) is 24.2 Å². The number of imide groups is 1. The molecule has 1 aliphatic rings. The van der Waals surface area contributed by atoms with Crippen LogP contribution >= 0.6 is 0 Å². The van der Waals surface area contributed by atoms with E-state index in [-0.39, 0.29) is 24.3 Å². The number of nitrogens with zero attached hydrogens (tertiary/aromatic N) is 3. The number of aryl methyl sites for hydroxylation is 1. The van der Waals surface area contributed by atoms with Gasteiger partial charge in [-0.2, -0.15) is 0 Å². The minimum atomic E-state index is -0.249. The normalized spacial score (nSPS) is 13.2. The van der Waals surface area contributed by atoms with Gasteiger partial charge in [0.05, 0.1) is 17.7 Å². The number of amides is 3. The minimum Gasteiger partial charge on any atom is -0.310 e. The lowest BCUT2D eigenvalue weighted by atomic mass is 10.1. The third-order valence-electron chi connectivity index (χ3n) is 4.39. The van der Waals surface area contributed by atoms with Crippen molar-refractivity contribution >= 4 is 23.5 Å². The molecule has 0 atom stereocenters. The molecule has 3 amide bonds. The van der Waals surface area contributed by atoms with E-state index >= 15 is 0 Å². The molecule has 2 heterocycles. The van der Waals surface area contributed by atoms with E-state index < -0.39 is 0 Å². The average molecular weight is 366 g/mol. The highest BCUT2D eigenvalue weighted by Crippen LogP contribution is 2.22. The number of aromatic nitrogens is 1. The Kier molecular flexibility index (Phi) is 5.61. The first-order valence-corrected chi connectivity index (χ1v) is 8.82. The zero-order chi connectivity index (χ0) is 19.4. The first-order valence-electron chi connectivity index (χ1n) is 8.82. The van der Waals surface area contributed by atoms with E-state index in [0.717, 1.165) is 5.56 Å². The maximum Gasteiger partial charge on any atom is 0.261 e. The standard InChI is InChI=1S/C20H22N4O3/c1-14-8-9-17(21-12-14)22-18(25)13-23(2)10-5-11-24-19(26)15-6-3-4-7-16(15)20(24)27/h3-4,6-9,12H,5,10-11,13H2,1-2H3,(H,21,22,25). The molecule has 0 unspecified atom stereocenters. The summed E-state index contributed by atoms with van der Waals surface area (Å²) in [6, 6.07) is 10.5. The molecule has 7 heteroatoms. The number of carbonyl (C=O) groups is 3. The van der Waals surface area contributed by atoms with E-state index in [4.69, 9.17) is 0 Å². The molecule has 7 nitrogen and oxygen atoms in total. The molecule has 27 heavy (non-hydrogen) atoms. The van der Waals surface area contributed by atoms with Crippen molar-refractivity contribution in [3.63, 3.8) is 0 Å². The van der Waals surface area contributed by atoms with Crippen molar-refractivity contribution in [1.29, 1.82) is 0 Å². The second-order valence-electron chi connectivity index (χ2n) is 6.67. The molecule has 0 bridgehead atoms. The summed E-state index contributed by atoms with van der Waals surface area (Å²) < 4.78 is 0. The molecule has 0 saturated carbocycles. The summed E-state index contributed by atoms with van der Waals surface area (Å²) >= 11 is 0. The van der Waals surface area contributed by atoms with Crippen molar-refractivity contribution in [3.8, 4) is 0 Å². The van der Waals surface area contributed by atoms with Crippen LogP contribution in [-0.2, 0) is 4.79 Å². The van der Waals surface area contributed by atoms with E-state index in [2.05, 4.69) is 10.3 Å². The van der Waals surface area contributed by atoms with Gasteiger partial charge in [-0.05, 0) is 44.2 Å². The van der Waals surface area contributed by atoms with Crippen molar-refractivity contribution in [3.05, 3.63) is 59.3 Å². The van der Waals surface area contributed by atoms with Crippen molar-refractivity contribution in [1.82, 2.24) is 14.8 Å². The Balaban J connectivity index is 1.44. The van der Waals surface area contributed by atoms with Crippen molar-refractivity contribution in [2.45, 2.75) is 13.3 Å². The summed E-state index contributed by atoms with van der Waals surface area (Å²) in [4.78, 5) is 44.0. The summed E-state index contributed by atoms with van der Waals surface area (Å²) in [6.45, 7) is 3.05. The Labute approximate surface area is 158 Å². The fourth-order valence-electron chi connectivity index (χ4n) is 2.99. The maximum absolute atomic E-state index is 12.3. The summed E-state index contributed by atoms with van der Waals surface area (Å²) in [5.41, 5.74) is 1.94. The molecule has 0 aliphatic carbocycles. The Morgan fingerprint density at radius 3 is 2.37 bits per heavy atom. The summed E-state index contributed by atoms with van der Waals surface area (Å²) in [5, 5.41) is 2.75. The van der Waals surface area contributed by atoms with Gasteiger partial charge in [-0.15, -0.1) is 0 Å². The van der Waals surface area contributed by atoms with Crippen LogP contribution < -0.4 is 5.32 Å². The molecule has 0 radical (unpaired) electrons. The predicted molar refractivity (Wildman–Crippen MR) is 102 cm³/mol. The van der Waals surface area contributed by atoms with Crippen LogP contribution in [0.15, 0.2) is 42.6 Å². The number of fused-ring (bicyclic) bond motifs is 1. The Morgan fingerprint density at radius 2 is 1.78 bits per heavy atom. The summed E-state index contributed by atoms with van der Waals surface area (Å²) in [6.07, 6.45) is 2.29. The third kappa shape index (κ3) is 4.38. The largest absolute Gasteiger partial charge is 0.310 e. The van der Waals surface area contributed by atoms with Gasteiger partial charge in [0.25, 0.3) is 11.8 Å². The lowest BCUT2D eigenvalue weighted by molar-refractivity contribution is -0.117. The molecule has 0 spiro atoms. The number of carbonyl (C=O) groups excluding carboxylic acids is 3. The number of anilines is 1. The molecule has 1 aliphatic heterocycles. The van der Waals surface area contributed by atoms with Gasteiger partial charge >= 0.3 is 0 Å². The van der Waals surface area contributed by atoms with Crippen molar-refractivity contribution in [2.75, 3.05) is 32.0 Å². The van der Waals surface area contributed by atoms with E-state index in [1.54, 1.807) is 36.5 Å². The highest BCUT2D eigenvalue weighted by Gasteiger charge is 2.34. The number of likely N-dealkylation sites (N-methyl/N-ethyl adjacent to an activating group) is 1. The summed E-state index contributed by atoms with van der Waals surface area (Å²) in [5.74, 6) is -0.137. The highest BCUT2D eigenvalue weighted by atomic mass is 16.2. The highest BCUT2D eigenvalue weighted by molar-refractivity contribution is 6.21. The molecular weight excluding hydrogens is 344 g/mol. The van der Waals surface area contributed by atoms with E-state index in [9.17, 15) is 14.4 Å². The van der Waals surface area contributed by atoms with Gasteiger partial charge in [-0.1, -0.05) is 18.2 Å². The topological polar surface area (TPSA) is 82.6 Å². The number of hydrogen-bond donors (Lipinski definition) is 1. The monoisotopic (exact) mass is 366 g/mol. The second kappa shape index (κ2) is 8.09. The average Bonchev–Trinajstić information content (AvgIpc) is 2.89. The number of rotatable bonds is 7. The fraction of sp³-hybridized carbons (Fsp3) is 0.300. The molecule has 1 N–H and O–H groups in total. The molecular formula is C20H22N4O3. The maximum atomic E-state index is 12.3. The molecule has 3 rings (SSSR count). The Hall–Kier alpha value is -3.06. The van der Waals surface area contributed by atoms with Crippen molar-refractivity contribution in [2.24, 2.45) is 0 Å².